The summed E-state index contributed by atoms with van der Waals surface area (Å²) in [6, 6.07) is 15.4. The van der Waals surface area contributed by atoms with Crippen molar-refractivity contribution in [2.75, 3.05) is 13.2 Å². The van der Waals surface area contributed by atoms with E-state index in [1.165, 1.54) is 0 Å². The Balaban J connectivity index is 1.78. The van der Waals surface area contributed by atoms with E-state index in [1.807, 2.05) is 61.7 Å². The number of thioether (sulfide) groups is 1. The molecule has 1 amide bonds. The number of aromatic nitrogens is 2. The third kappa shape index (κ3) is 4.95. The van der Waals surface area contributed by atoms with Gasteiger partial charge in [-0.05, 0) is 48.9 Å². The third-order valence-electron chi connectivity index (χ3n) is 5.04. The highest BCUT2D eigenvalue weighted by atomic mass is 32.2. The minimum absolute atomic E-state index is 0.218. The number of aliphatic carboxylic acids is 1. The summed E-state index contributed by atoms with van der Waals surface area (Å²) in [5.74, 6) is -0.829. The number of carbonyl (C=O) groups excluding carboxylic acids is 1. The van der Waals surface area contributed by atoms with Crippen LogP contribution >= 0.6 is 24.0 Å². The van der Waals surface area contributed by atoms with E-state index in [2.05, 4.69) is 6.58 Å². The Morgan fingerprint density at radius 2 is 2.03 bits per heavy atom. The second kappa shape index (κ2) is 10.1. The summed E-state index contributed by atoms with van der Waals surface area (Å²) in [6.07, 6.45) is 5.24. The van der Waals surface area contributed by atoms with E-state index in [1.54, 1.807) is 16.8 Å². The van der Waals surface area contributed by atoms with E-state index in [0.29, 0.717) is 22.8 Å². The van der Waals surface area contributed by atoms with Crippen molar-refractivity contribution in [1.82, 2.24) is 14.7 Å². The maximum Gasteiger partial charge on any atom is 0.323 e. The van der Waals surface area contributed by atoms with Gasteiger partial charge in [-0.15, -0.1) is 0 Å². The highest BCUT2D eigenvalue weighted by molar-refractivity contribution is 8.26. The molecular weight excluding hydrogens is 470 g/mol. The van der Waals surface area contributed by atoms with Crippen molar-refractivity contribution < 1.29 is 19.4 Å². The number of ether oxygens (including phenoxy) is 1. The number of rotatable bonds is 8. The summed E-state index contributed by atoms with van der Waals surface area (Å²) in [4.78, 5) is 25.4. The first-order valence-corrected chi connectivity index (χ1v) is 11.6. The van der Waals surface area contributed by atoms with Crippen molar-refractivity contribution >= 4 is 46.3 Å². The van der Waals surface area contributed by atoms with Crippen molar-refractivity contribution in [2.24, 2.45) is 0 Å². The number of benzene rings is 2. The van der Waals surface area contributed by atoms with E-state index >= 15 is 0 Å². The van der Waals surface area contributed by atoms with Crippen LogP contribution in [0.15, 0.2) is 72.3 Å². The van der Waals surface area contributed by atoms with Crippen molar-refractivity contribution in [3.63, 3.8) is 0 Å². The average Bonchev–Trinajstić information content (AvgIpc) is 3.34. The van der Waals surface area contributed by atoms with Gasteiger partial charge in [-0.25, -0.2) is 4.68 Å². The first-order chi connectivity index (χ1) is 16.4. The highest BCUT2D eigenvalue weighted by Crippen LogP contribution is 2.36. The second-order valence-electron chi connectivity index (χ2n) is 7.45. The van der Waals surface area contributed by atoms with Gasteiger partial charge in [0.2, 0.25) is 0 Å². The first-order valence-electron chi connectivity index (χ1n) is 10.3. The number of carboxylic acid groups (broad SMARTS) is 1. The van der Waals surface area contributed by atoms with Crippen LogP contribution in [-0.4, -0.2) is 49.1 Å². The molecule has 2 aromatic carbocycles. The molecule has 34 heavy (non-hydrogen) atoms. The molecule has 4 rings (SSSR count). The molecule has 0 atom stereocenters. The Labute approximate surface area is 206 Å². The number of nitrogens with zero attached hydrogens (tertiary/aromatic N) is 3. The molecule has 0 bridgehead atoms. The zero-order valence-electron chi connectivity index (χ0n) is 18.3. The smallest absolute Gasteiger partial charge is 0.323 e. The second-order valence-corrected chi connectivity index (χ2v) is 9.13. The Kier molecular flexibility index (Phi) is 6.95. The molecule has 1 saturated heterocycles. The van der Waals surface area contributed by atoms with Gasteiger partial charge in [-0.1, -0.05) is 54.8 Å². The molecule has 1 aliphatic rings. The lowest BCUT2D eigenvalue weighted by atomic mass is 10.0. The fraction of sp³-hybridized carbons (Fsp3) is 0.120. The molecule has 0 spiro atoms. The van der Waals surface area contributed by atoms with Gasteiger partial charge in [-0.2, -0.15) is 5.10 Å². The van der Waals surface area contributed by atoms with Gasteiger partial charge in [0.15, 0.2) is 0 Å². The van der Waals surface area contributed by atoms with Crippen LogP contribution in [0.2, 0.25) is 0 Å². The summed E-state index contributed by atoms with van der Waals surface area (Å²) >= 11 is 6.31. The zero-order valence-corrected chi connectivity index (χ0v) is 19.9. The Morgan fingerprint density at radius 1 is 1.26 bits per heavy atom. The lowest BCUT2D eigenvalue weighted by molar-refractivity contribution is -0.140. The van der Waals surface area contributed by atoms with E-state index in [-0.39, 0.29) is 4.32 Å². The van der Waals surface area contributed by atoms with Gasteiger partial charge in [0, 0.05) is 17.3 Å². The van der Waals surface area contributed by atoms with Crippen LogP contribution in [0.5, 0.6) is 5.75 Å². The van der Waals surface area contributed by atoms with Crippen LogP contribution in [0.1, 0.15) is 11.1 Å². The summed E-state index contributed by atoms with van der Waals surface area (Å²) in [6.45, 7) is 5.57. The van der Waals surface area contributed by atoms with Crippen LogP contribution < -0.4 is 4.74 Å². The van der Waals surface area contributed by atoms with Crippen LogP contribution in [0.3, 0.4) is 0 Å². The normalized spacial score (nSPS) is 14.6. The Morgan fingerprint density at radius 3 is 2.71 bits per heavy atom. The topological polar surface area (TPSA) is 84.7 Å². The molecule has 0 aliphatic carbocycles. The monoisotopic (exact) mass is 491 g/mol. The zero-order chi connectivity index (χ0) is 24.2. The predicted molar refractivity (Wildman–Crippen MR) is 137 cm³/mol. The minimum Gasteiger partial charge on any atom is -0.490 e. The number of hydrogen-bond acceptors (Lipinski definition) is 6. The molecule has 172 valence electrons. The Hall–Kier alpha value is -3.69. The van der Waals surface area contributed by atoms with Gasteiger partial charge in [-0.3, -0.25) is 14.5 Å². The van der Waals surface area contributed by atoms with Gasteiger partial charge >= 0.3 is 5.97 Å². The predicted octanol–water partition coefficient (Wildman–Crippen LogP) is 4.70. The molecule has 7 nitrogen and oxygen atoms in total. The number of carbonyl (C=O) groups is 2. The van der Waals surface area contributed by atoms with E-state index in [9.17, 15) is 9.59 Å². The number of carboxylic acids is 1. The number of aryl methyl sites for hydroxylation is 1. The summed E-state index contributed by atoms with van der Waals surface area (Å²) in [5.41, 5.74) is 4.09. The molecule has 0 unspecified atom stereocenters. The summed E-state index contributed by atoms with van der Waals surface area (Å²) in [5, 5.41) is 13.9. The highest BCUT2D eigenvalue weighted by Gasteiger charge is 2.33. The molecule has 1 N–H and O–H groups in total. The number of thiocarbonyl (C=S) groups is 1. The maximum absolute atomic E-state index is 12.8. The minimum atomic E-state index is -1.12. The maximum atomic E-state index is 12.8. The van der Waals surface area contributed by atoms with Crippen molar-refractivity contribution in [3.8, 4) is 22.7 Å². The largest absolute Gasteiger partial charge is 0.490 e. The molecule has 0 saturated carbocycles. The average molecular weight is 492 g/mol. The SMILES string of the molecule is C=CCOc1ccc(-c2nn(-c3ccccc3)cc2C=C2SC(=S)N(CC(=O)O)C2=O)c(C)c1. The van der Waals surface area contributed by atoms with Crippen LogP contribution in [0, 0.1) is 6.92 Å². The molecule has 1 aromatic heterocycles. The van der Waals surface area contributed by atoms with Gasteiger partial charge in [0.1, 0.15) is 28.9 Å². The molecule has 0 radical (unpaired) electrons. The molecular formula is C25H21N3O4S2. The van der Waals surface area contributed by atoms with Gasteiger partial charge in [0.05, 0.1) is 10.6 Å². The molecule has 1 aliphatic heterocycles. The Bertz CT molecular complexity index is 1310. The quantitative estimate of drug-likeness (QED) is 0.278. The molecule has 9 heteroatoms. The fourth-order valence-corrected chi connectivity index (χ4v) is 4.72. The number of hydrogen-bond donors (Lipinski definition) is 1. The lowest BCUT2D eigenvalue weighted by Crippen LogP contribution is -2.33. The number of para-hydroxylation sites is 1. The fourth-order valence-electron chi connectivity index (χ4n) is 3.47. The van der Waals surface area contributed by atoms with Crippen LogP contribution in [0.4, 0.5) is 0 Å². The first kappa shape index (κ1) is 23.5. The van der Waals surface area contributed by atoms with Crippen LogP contribution in [-0.2, 0) is 9.59 Å². The molecule has 3 aromatic rings. The summed E-state index contributed by atoms with van der Waals surface area (Å²) in [7, 11) is 0. The summed E-state index contributed by atoms with van der Waals surface area (Å²) < 4.78 is 7.61. The molecule has 1 fully saturated rings. The molecule has 2 heterocycles. The van der Waals surface area contributed by atoms with Gasteiger partial charge in [0.25, 0.3) is 5.91 Å². The van der Waals surface area contributed by atoms with E-state index in [4.69, 9.17) is 27.2 Å². The van der Waals surface area contributed by atoms with Crippen molar-refractivity contribution in [3.05, 3.63) is 83.4 Å². The number of amides is 1. The van der Waals surface area contributed by atoms with Gasteiger partial charge < -0.3 is 9.84 Å². The lowest BCUT2D eigenvalue weighted by Gasteiger charge is -2.10. The van der Waals surface area contributed by atoms with Crippen molar-refractivity contribution in [2.45, 2.75) is 6.92 Å². The third-order valence-corrected chi connectivity index (χ3v) is 6.42. The van der Waals surface area contributed by atoms with E-state index in [0.717, 1.165) is 39.2 Å². The standard InChI is InChI=1S/C25H21N3O4S2/c1-3-11-32-19-9-10-20(16(2)12-19)23-17(14-28(26-23)18-7-5-4-6-8-18)13-21-24(31)27(15-22(29)30)25(33)34-21/h3-10,12-14H,1,11,15H2,2H3,(H,29,30). The van der Waals surface area contributed by atoms with Crippen LogP contribution in [0.25, 0.3) is 23.0 Å². The van der Waals surface area contributed by atoms with E-state index < -0.39 is 18.4 Å². The van der Waals surface area contributed by atoms with Crippen molar-refractivity contribution in [1.29, 1.82) is 0 Å².